The lowest BCUT2D eigenvalue weighted by Crippen LogP contribution is -2.35. The second-order valence-corrected chi connectivity index (χ2v) is 6.06. The molecule has 23 heavy (non-hydrogen) atoms. The Hall–Kier alpha value is -1.82. The van der Waals surface area contributed by atoms with E-state index in [4.69, 9.17) is 11.6 Å². The molecule has 0 saturated carbocycles. The van der Waals surface area contributed by atoms with Gasteiger partial charge < -0.3 is 5.32 Å². The molecule has 0 saturated heterocycles. The van der Waals surface area contributed by atoms with Crippen molar-refractivity contribution in [1.82, 2.24) is 24.9 Å². The molecule has 2 heterocycles. The Bertz CT molecular complexity index is 691. The van der Waals surface area contributed by atoms with Crippen LogP contribution in [-0.2, 0) is 11.3 Å². The Morgan fingerprint density at radius 2 is 2.04 bits per heavy atom. The largest absolute Gasteiger partial charge is 0.346 e. The molecule has 1 N–H and O–H groups in total. The van der Waals surface area contributed by atoms with Gasteiger partial charge in [0.25, 0.3) is 0 Å². The van der Waals surface area contributed by atoms with Crippen molar-refractivity contribution in [3.05, 3.63) is 34.4 Å². The van der Waals surface area contributed by atoms with Crippen LogP contribution in [0.15, 0.2) is 12.3 Å². The Morgan fingerprint density at radius 1 is 1.35 bits per heavy atom. The molecule has 0 radical (unpaired) electrons. The number of aryl methyl sites for hydroxylation is 2. The third kappa shape index (κ3) is 3.58. The summed E-state index contributed by atoms with van der Waals surface area (Å²) in [5.41, 5.74) is 2.40. The fourth-order valence-corrected chi connectivity index (χ4v) is 2.71. The molecule has 0 aliphatic rings. The molecular formula is C16H24ClN5O. The van der Waals surface area contributed by atoms with Gasteiger partial charge in [0, 0.05) is 12.7 Å². The molecule has 6 nitrogen and oxygen atoms in total. The Labute approximate surface area is 141 Å². The van der Waals surface area contributed by atoms with Crippen molar-refractivity contribution in [2.24, 2.45) is 0 Å². The third-order valence-corrected chi connectivity index (χ3v) is 4.56. The molecule has 2 unspecified atom stereocenters. The number of aromatic nitrogens is 4. The molecule has 1 amide bonds. The van der Waals surface area contributed by atoms with E-state index in [1.54, 1.807) is 4.68 Å². The highest BCUT2D eigenvalue weighted by molar-refractivity contribution is 6.31. The van der Waals surface area contributed by atoms with Gasteiger partial charge in [0.05, 0.1) is 28.1 Å². The first-order valence-electron chi connectivity index (χ1n) is 7.93. The van der Waals surface area contributed by atoms with Crippen molar-refractivity contribution in [3.8, 4) is 0 Å². The summed E-state index contributed by atoms with van der Waals surface area (Å²) in [4.78, 5) is 12.7. The lowest BCUT2D eigenvalue weighted by Gasteiger charge is -2.20. The number of halogens is 1. The van der Waals surface area contributed by atoms with Crippen LogP contribution in [0.3, 0.4) is 0 Å². The topological polar surface area (TPSA) is 64.7 Å². The normalized spacial score (nSPS) is 13.8. The minimum Gasteiger partial charge on any atom is -0.346 e. The maximum atomic E-state index is 12.7. The Morgan fingerprint density at radius 3 is 2.52 bits per heavy atom. The average Bonchev–Trinajstić information content (AvgIpc) is 3.10. The van der Waals surface area contributed by atoms with Crippen molar-refractivity contribution in [2.75, 3.05) is 0 Å². The van der Waals surface area contributed by atoms with Crippen molar-refractivity contribution >= 4 is 17.5 Å². The molecule has 2 atom stereocenters. The van der Waals surface area contributed by atoms with Gasteiger partial charge >= 0.3 is 0 Å². The molecule has 0 bridgehead atoms. The van der Waals surface area contributed by atoms with Crippen LogP contribution in [-0.4, -0.2) is 25.5 Å². The highest BCUT2D eigenvalue weighted by Gasteiger charge is 2.25. The zero-order valence-corrected chi connectivity index (χ0v) is 15.1. The second-order valence-electron chi connectivity index (χ2n) is 5.68. The standard InChI is InChI=1S/C16H24ClN5O/c1-6-14(22-12(5)15(17)11(4)19-22)16(23)18-10(3)13-8-9-21(7-2)20-13/h8-10,14H,6-7H2,1-5H3,(H,18,23). The van der Waals surface area contributed by atoms with E-state index in [1.807, 2.05) is 51.6 Å². The van der Waals surface area contributed by atoms with Crippen molar-refractivity contribution in [1.29, 1.82) is 0 Å². The predicted molar refractivity (Wildman–Crippen MR) is 90.5 cm³/mol. The molecule has 2 rings (SSSR count). The molecule has 7 heteroatoms. The summed E-state index contributed by atoms with van der Waals surface area (Å²) in [7, 11) is 0. The van der Waals surface area contributed by atoms with Gasteiger partial charge in [-0.25, -0.2) is 0 Å². The minimum atomic E-state index is -0.378. The summed E-state index contributed by atoms with van der Waals surface area (Å²) in [6, 6.07) is 1.39. The van der Waals surface area contributed by atoms with Gasteiger partial charge in [0.2, 0.25) is 5.91 Å². The molecule has 126 valence electrons. The van der Waals surface area contributed by atoms with Crippen LogP contribution in [0.1, 0.15) is 56.4 Å². The summed E-state index contributed by atoms with van der Waals surface area (Å²) in [6.45, 7) is 10.5. The summed E-state index contributed by atoms with van der Waals surface area (Å²) < 4.78 is 3.56. The van der Waals surface area contributed by atoms with E-state index < -0.39 is 0 Å². The molecule has 0 fully saturated rings. The van der Waals surface area contributed by atoms with E-state index in [2.05, 4.69) is 15.5 Å². The van der Waals surface area contributed by atoms with Crippen LogP contribution in [0.5, 0.6) is 0 Å². The van der Waals surface area contributed by atoms with Crippen molar-refractivity contribution in [3.63, 3.8) is 0 Å². The van der Waals surface area contributed by atoms with Gasteiger partial charge in [-0.1, -0.05) is 18.5 Å². The fraction of sp³-hybridized carbons (Fsp3) is 0.562. The monoisotopic (exact) mass is 337 g/mol. The zero-order valence-electron chi connectivity index (χ0n) is 14.3. The summed E-state index contributed by atoms with van der Waals surface area (Å²) in [5, 5.41) is 12.5. The van der Waals surface area contributed by atoms with Crippen molar-refractivity contribution in [2.45, 2.75) is 59.7 Å². The lowest BCUT2D eigenvalue weighted by molar-refractivity contribution is -0.125. The summed E-state index contributed by atoms with van der Waals surface area (Å²) in [6.07, 6.45) is 2.55. The van der Waals surface area contributed by atoms with Crippen LogP contribution in [0.25, 0.3) is 0 Å². The quantitative estimate of drug-likeness (QED) is 0.880. The maximum absolute atomic E-state index is 12.7. The Kier molecular flexibility index (Phi) is 5.46. The maximum Gasteiger partial charge on any atom is 0.245 e. The number of carbonyl (C=O) groups is 1. The van der Waals surface area contributed by atoms with Gasteiger partial charge in [0.15, 0.2) is 0 Å². The van der Waals surface area contributed by atoms with E-state index in [9.17, 15) is 4.79 Å². The molecule has 2 aromatic heterocycles. The van der Waals surface area contributed by atoms with Crippen LogP contribution in [0.4, 0.5) is 0 Å². The third-order valence-electron chi connectivity index (χ3n) is 4.01. The second kappa shape index (κ2) is 7.17. The van der Waals surface area contributed by atoms with Gasteiger partial charge in [-0.3, -0.25) is 14.2 Å². The van der Waals surface area contributed by atoms with E-state index in [1.165, 1.54) is 0 Å². The zero-order chi connectivity index (χ0) is 17.1. The summed E-state index contributed by atoms with van der Waals surface area (Å²) >= 11 is 6.20. The highest BCUT2D eigenvalue weighted by atomic mass is 35.5. The van der Waals surface area contributed by atoms with Gasteiger partial charge in [0.1, 0.15) is 6.04 Å². The highest BCUT2D eigenvalue weighted by Crippen LogP contribution is 2.24. The van der Waals surface area contributed by atoms with Crippen LogP contribution < -0.4 is 5.32 Å². The SMILES string of the molecule is CCC(C(=O)NC(C)c1ccn(CC)n1)n1nc(C)c(Cl)c1C. The van der Waals surface area contributed by atoms with E-state index >= 15 is 0 Å². The molecule has 2 aromatic rings. The molecular weight excluding hydrogens is 314 g/mol. The van der Waals surface area contributed by atoms with Gasteiger partial charge in [-0.15, -0.1) is 0 Å². The van der Waals surface area contributed by atoms with Crippen molar-refractivity contribution < 1.29 is 4.79 Å². The smallest absolute Gasteiger partial charge is 0.245 e. The number of carbonyl (C=O) groups excluding carboxylic acids is 1. The molecule has 0 spiro atoms. The summed E-state index contributed by atoms with van der Waals surface area (Å²) in [5.74, 6) is -0.0756. The van der Waals surface area contributed by atoms with Gasteiger partial charge in [-0.05, 0) is 40.2 Å². The fourth-order valence-electron chi connectivity index (χ4n) is 2.58. The number of hydrogen-bond donors (Lipinski definition) is 1. The number of amides is 1. The van der Waals surface area contributed by atoms with E-state index in [0.29, 0.717) is 11.4 Å². The van der Waals surface area contributed by atoms with Crippen LogP contribution in [0, 0.1) is 13.8 Å². The van der Waals surface area contributed by atoms with E-state index in [-0.39, 0.29) is 18.0 Å². The van der Waals surface area contributed by atoms with Gasteiger partial charge in [-0.2, -0.15) is 10.2 Å². The first kappa shape index (κ1) is 17.5. The molecule has 0 aliphatic carbocycles. The van der Waals surface area contributed by atoms with Crippen LogP contribution >= 0.6 is 11.6 Å². The first-order valence-corrected chi connectivity index (χ1v) is 8.31. The van der Waals surface area contributed by atoms with Crippen LogP contribution in [0.2, 0.25) is 5.02 Å². The lowest BCUT2D eigenvalue weighted by atomic mass is 10.1. The predicted octanol–water partition coefficient (Wildman–Crippen LogP) is 3.20. The number of nitrogens with one attached hydrogen (secondary N) is 1. The molecule has 0 aliphatic heterocycles. The average molecular weight is 338 g/mol. The molecule has 0 aromatic carbocycles. The number of rotatable bonds is 6. The minimum absolute atomic E-state index is 0.0756. The first-order chi connectivity index (χ1) is 10.9. The number of hydrogen-bond acceptors (Lipinski definition) is 3. The van der Waals surface area contributed by atoms with E-state index in [0.717, 1.165) is 23.6 Å². The Balaban J connectivity index is 2.15. The number of nitrogens with zero attached hydrogens (tertiary/aromatic N) is 4.